The number of benzene rings is 1. The highest BCUT2D eigenvalue weighted by atomic mass is 16.6. The maximum absolute atomic E-state index is 12.2. The molecule has 1 aromatic carbocycles. The molecule has 0 saturated carbocycles. The van der Waals surface area contributed by atoms with Gasteiger partial charge < -0.3 is 14.8 Å². The molecule has 0 saturated heterocycles. The van der Waals surface area contributed by atoms with Gasteiger partial charge in [0.05, 0.1) is 6.61 Å². The number of hydrogen-bond donors (Lipinski definition) is 1. The Morgan fingerprint density at radius 2 is 1.82 bits per heavy atom. The summed E-state index contributed by atoms with van der Waals surface area (Å²) in [4.78, 5) is 24.2. The van der Waals surface area contributed by atoms with Gasteiger partial charge in [0.15, 0.2) is 6.04 Å². The van der Waals surface area contributed by atoms with Gasteiger partial charge in [0.2, 0.25) is 0 Å². The molecule has 0 aliphatic heterocycles. The number of rotatable bonds is 6. The van der Waals surface area contributed by atoms with E-state index in [2.05, 4.69) is 5.32 Å². The summed E-state index contributed by atoms with van der Waals surface area (Å²) < 4.78 is 10.4. The van der Waals surface area contributed by atoms with Gasteiger partial charge in [-0.05, 0) is 32.8 Å². The molecule has 0 aliphatic carbocycles. The van der Waals surface area contributed by atoms with Crippen LogP contribution in [0.5, 0.6) is 0 Å². The molecular weight excluding hydrogens is 282 g/mol. The first-order valence-electron chi connectivity index (χ1n) is 7.54. The Hall–Kier alpha value is -2.04. The van der Waals surface area contributed by atoms with E-state index in [1.165, 1.54) is 0 Å². The van der Waals surface area contributed by atoms with Crippen LogP contribution in [0.4, 0.5) is 4.79 Å². The van der Waals surface area contributed by atoms with Crippen molar-refractivity contribution < 1.29 is 19.1 Å². The van der Waals surface area contributed by atoms with Crippen LogP contribution in [-0.4, -0.2) is 24.3 Å². The molecule has 1 atom stereocenters. The lowest BCUT2D eigenvalue weighted by Crippen LogP contribution is -2.38. The first kappa shape index (κ1) is 18.0. The van der Waals surface area contributed by atoms with E-state index in [-0.39, 0.29) is 0 Å². The lowest BCUT2D eigenvalue weighted by Gasteiger charge is -2.23. The molecule has 1 aromatic rings. The summed E-state index contributed by atoms with van der Waals surface area (Å²) in [5, 5.41) is 2.58. The first-order chi connectivity index (χ1) is 10.3. The maximum Gasteiger partial charge on any atom is 0.408 e. The smallest absolute Gasteiger partial charge is 0.408 e. The molecule has 1 N–H and O–H groups in total. The molecule has 0 heterocycles. The Kier molecular flexibility index (Phi) is 6.89. The molecule has 5 nitrogen and oxygen atoms in total. The van der Waals surface area contributed by atoms with Crippen LogP contribution in [0, 0.1) is 0 Å². The van der Waals surface area contributed by atoms with Crippen molar-refractivity contribution in [3.05, 3.63) is 35.9 Å². The van der Waals surface area contributed by atoms with Crippen molar-refractivity contribution >= 4 is 12.1 Å². The summed E-state index contributed by atoms with van der Waals surface area (Å²) >= 11 is 0. The van der Waals surface area contributed by atoms with Crippen LogP contribution >= 0.6 is 0 Å². The van der Waals surface area contributed by atoms with Crippen LogP contribution in [0.3, 0.4) is 0 Å². The van der Waals surface area contributed by atoms with Crippen molar-refractivity contribution in [2.75, 3.05) is 6.61 Å². The molecule has 22 heavy (non-hydrogen) atoms. The third kappa shape index (κ3) is 6.61. The van der Waals surface area contributed by atoms with Crippen LogP contribution in [0.25, 0.3) is 0 Å². The molecular formula is C17H25NO4. The number of esters is 1. The minimum absolute atomic E-state index is 0.342. The van der Waals surface area contributed by atoms with E-state index in [0.717, 1.165) is 12.8 Å². The van der Waals surface area contributed by atoms with Gasteiger partial charge in [-0.2, -0.15) is 0 Å². The van der Waals surface area contributed by atoms with E-state index in [1.54, 1.807) is 45.0 Å². The monoisotopic (exact) mass is 307 g/mol. The average molecular weight is 307 g/mol. The Bertz CT molecular complexity index is 479. The molecule has 5 heteroatoms. The minimum atomic E-state index is -0.868. The molecule has 0 aliphatic rings. The second-order valence-electron chi connectivity index (χ2n) is 6.01. The van der Waals surface area contributed by atoms with E-state index in [1.807, 2.05) is 13.0 Å². The van der Waals surface area contributed by atoms with Crippen LogP contribution < -0.4 is 5.32 Å². The second kappa shape index (κ2) is 8.41. The van der Waals surface area contributed by atoms with Crippen molar-refractivity contribution in [1.82, 2.24) is 5.32 Å². The fourth-order valence-electron chi connectivity index (χ4n) is 1.75. The molecule has 0 bridgehead atoms. The van der Waals surface area contributed by atoms with E-state index >= 15 is 0 Å². The number of alkyl carbamates (subject to hydrolysis) is 1. The molecule has 0 unspecified atom stereocenters. The highest BCUT2D eigenvalue weighted by Crippen LogP contribution is 2.16. The van der Waals surface area contributed by atoms with Gasteiger partial charge in [0, 0.05) is 0 Å². The standard InChI is InChI=1S/C17H25NO4/c1-5-6-12-21-15(19)14(13-10-8-7-9-11-13)18-16(20)22-17(2,3)4/h7-11,14H,5-6,12H2,1-4H3,(H,18,20)/t14-/m0/s1. The molecule has 122 valence electrons. The zero-order valence-electron chi connectivity index (χ0n) is 13.7. The van der Waals surface area contributed by atoms with Crippen molar-refractivity contribution in [1.29, 1.82) is 0 Å². The Morgan fingerprint density at radius 1 is 1.18 bits per heavy atom. The largest absolute Gasteiger partial charge is 0.464 e. The number of ether oxygens (including phenoxy) is 2. The van der Waals surface area contributed by atoms with Gasteiger partial charge in [-0.3, -0.25) is 0 Å². The summed E-state index contributed by atoms with van der Waals surface area (Å²) in [6, 6.07) is 8.12. The van der Waals surface area contributed by atoms with Gasteiger partial charge in [0.25, 0.3) is 0 Å². The van der Waals surface area contributed by atoms with Crippen molar-refractivity contribution in [2.24, 2.45) is 0 Å². The van der Waals surface area contributed by atoms with Crippen LogP contribution in [0.15, 0.2) is 30.3 Å². The lowest BCUT2D eigenvalue weighted by molar-refractivity contribution is -0.146. The van der Waals surface area contributed by atoms with Gasteiger partial charge in [-0.25, -0.2) is 9.59 Å². The summed E-state index contributed by atoms with van der Waals surface area (Å²) in [5.74, 6) is -0.481. The summed E-state index contributed by atoms with van der Waals surface area (Å²) in [7, 11) is 0. The zero-order chi connectivity index (χ0) is 16.6. The van der Waals surface area contributed by atoms with Crippen LogP contribution in [0.2, 0.25) is 0 Å². The third-order valence-electron chi connectivity index (χ3n) is 2.77. The predicted molar refractivity (Wildman–Crippen MR) is 84.4 cm³/mol. The Balaban J connectivity index is 2.79. The highest BCUT2D eigenvalue weighted by Gasteiger charge is 2.26. The molecule has 0 fully saturated rings. The van der Waals surface area contributed by atoms with Crippen molar-refractivity contribution in [3.63, 3.8) is 0 Å². The summed E-state index contributed by atoms with van der Waals surface area (Å²) in [6.07, 6.45) is 1.08. The number of carbonyl (C=O) groups is 2. The van der Waals surface area contributed by atoms with E-state index in [9.17, 15) is 9.59 Å². The first-order valence-corrected chi connectivity index (χ1v) is 7.54. The zero-order valence-corrected chi connectivity index (χ0v) is 13.7. The normalized spacial score (nSPS) is 12.4. The second-order valence-corrected chi connectivity index (χ2v) is 6.01. The molecule has 0 aromatic heterocycles. The summed E-state index contributed by atoms with van der Waals surface area (Å²) in [6.45, 7) is 7.66. The molecule has 1 amide bonds. The van der Waals surface area contributed by atoms with Gasteiger partial charge in [0.1, 0.15) is 5.60 Å². The molecule has 0 radical (unpaired) electrons. The number of nitrogens with one attached hydrogen (secondary N) is 1. The Labute approximate surface area is 132 Å². The number of hydrogen-bond acceptors (Lipinski definition) is 4. The SMILES string of the molecule is CCCCOC(=O)[C@@H](NC(=O)OC(C)(C)C)c1ccccc1. The van der Waals surface area contributed by atoms with E-state index in [4.69, 9.17) is 9.47 Å². The topological polar surface area (TPSA) is 64.6 Å². The maximum atomic E-state index is 12.2. The highest BCUT2D eigenvalue weighted by molar-refractivity contribution is 5.82. The van der Waals surface area contributed by atoms with Gasteiger partial charge in [-0.15, -0.1) is 0 Å². The number of carbonyl (C=O) groups excluding carboxylic acids is 2. The minimum Gasteiger partial charge on any atom is -0.464 e. The predicted octanol–water partition coefficient (Wildman–Crippen LogP) is 3.60. The molecule has 0 spiro atoms. The average Bonchev–Trinajstić information content (AvgIpc) is 2.44. The van der Waals surface area contributed by atoms with Gasteiger partial charge >= 0.3 is 12.1 Å². The Morgan fingerprint density at radius 3 is 2.36 bits per heavy atom. The van der Waals surface area contributed by atoms with Crippen LogP contribution in [0.1, 0.15) is 52.1 Å². The van der Waals surface area contributed by atoms with Gasteiger partial charge in [-0.1, -0.05) is 43.7 Å². The van der Waals surface area contributed by atoms with Crippen LogP contribution in [-0.2, 0) is 14.3 Å². The quantitative estimate of drug-likeness (QED) is 0.644. The molecule has 1 rings (SSSR count). The fraction of sp³-hybridized carbons (Fsp3) is 0.529. The van der Waals surface area contributed by atoms with Crippen molar-refractivity contribution in [3.8, 4) is 0 Å². The fourth-order valence-corrected chi connectivity index (χ4v) is 1.75. The number of amides is 1. The van der Waals surface area contributed by atoms with Crippen molar-refractivity contribution in [2.45, 2.75) is 52.2 Å². The summed E-state index contributed by atoms with van der Waals surface area (Å²) in [5.41, 5.74) is 0.0344. The number of unbranched alkanes of at least 4 members (excludes halogenated alkanes) is 1. The third-order valence-corrected chi connectivity index (χ3v) is 2.77. The lowest BCUT2D eigenvalue weighted by atomic mass is 10.1. The van der Waals surface area contributed by atoms with E-state index < -0.39 is 23.7 Å². The van der Waals surface area contributed by atoms with E-state index in [0.29, 0.717) is 12.2 Å².